The molecule has 2 nitrogen and oxygen atoms in total. The van der Waals surface area contributed by atoms with E-state index in [0.29, 0.717) is 15.4 Å². The van der Waals surface area contributed by atoms with Crippen LogP contribution in [0, 0.1) is 5.41 Å². The Kier molecular flexibility index (Phi) is 4.36. The maximum atomic E-state index is 6.23. The Morgan fingerprint density at radius 1 is 1.42 bits per heavy atom. The average Bonchev–Trinajstić information content (AvgIpc) is 2.39. The molecule has 0 saturated carbocycles. The standard InChI is InChI=1S/C15H21ClN2S/c1-3-15(2)6-8-18(9-7-15)11-4-5-12(14(17)19)13(16)10-11/h4-5,10H,3,6-9H2,1-2H3,(H2,17,19). The van der Waals surface area contributed by atoms with E-state index in [0.717, 1.165) is 18.7 Å². The average molecular weight is 297 g/mol. The van der Waals surface area contributed by atoms with Gasteiger partial charge in [-0.25, -0.2) is 0 Å². The van der Waals surface area contributed by atoms with Crippen LogP contribution in [0.2, 0.25) is 5.02 Å². The Hall–Kier alpha value is -0.800. The Bertz CT molecular complexity index is 479. The summed E-state index contributed by atoms with van der Waals surface area (Å²) in [6, 6.07) is 5.97. The van der Waals surface area contributed by atoms with Gasteiger partial charge < -0.3 is 10.6 Å². The van der Waals surface area contributed by atoms with Gasteiger partial charge in [0.25, 0.3) is 0 Å². The van der Waals surface area contributed by atoms with Crippen molar-refractivity contribution in [1.82, 2.24) is 0 Å². The number of nitrogens with two attached hydrogens (primary N) is 1. The van der Waals surface area contributed by atoms with Crippen molar-refractivity contribution in [3.05, 3.63) is 28.8 Å². The van der Waals surface area contributed by atoms with Gasteiger partial charge in [-0.05, 0) is 36.5 Å². The lowest BCUT2D eigenvalue weighted by molar-refractivity contribution is 0.238. The van der Waals surface area contributed by atoms with Crippen LogP contribution in [0.1, 0.15) is 38.7 Å². The molecular weight excluding hydrogens is 276 g/mol. The van der Waals surface area contributed by atoms with Gasteiger partial charge in [0.15, 0.2) is 0 Å². The first kappa shape index (κ1) is 14.6. The molecule has 1 aliphatic heterocycles. The number of rotatable bonds is 3. The fourth-order valence-electron chi connectivity index (χ4n) is 2.56. The number of piperidine rings is 1. The molecule has 1 aromatic rings. The first-order valence-corrected chi connectivity index (χ1v) is 7.58. The molecule has 1 aromatic carbocycles. The van der Waals surface area contributed by atoms with Gasteiger partial charge >= 0.3 is 0 Å². The second kappa shape index (κ2) is 5.68. The minimum atomic E-state index is 0.355. The van der Waals surface area contributed by atoms with Crippen LogP contribution in [0.3, 0.4) is 0 Å². The molecule has 0 unspecified atom stereocenters. The molecule has 1 fully saturated rings. The second-order valence-corrected chi connectivity index (χ2v) is 6.53. The Balaban J connectivity index is 2.12. The first-order valence-electron chi connectivity index (χ1n) is 6.79. The molecule has 4 heteroatoms. The van der Waals surface area contributed by atoms with Crippen molar-refractivity contribution in [2.24, 2.45) is 11.1 Å². The lowest BCUT2D eigenvalue weighted by Gasteiger charge is -2.40. The number of nitrogens with zero attached hydrogens (tertiary/aromatic N) is 1. The zero-order valence-corrected chi connectivity index (χ0v) is 13.2. The molecule has 1 saturated heterocycles. The van der Waals surface area contributed by atoms with E-state index in [2.05, 4.69) is 24.8 Å². The number of halogens is 1. The van der Waals surface area contributed by atoms with E-state index in [4.69, 9.17) is 29.6 Å². The third-order valence-corrected chi connectivity index (χ3v) is 4.94. The predicted octanol–water partition coefficient (Wildman–Crippen LogP) is 3.99. The third-order valence-electron chi connectivity index (χ3n) is 4.41. The molecule has 104 valence electrons. The van der Waals surface area contributed by atoms with Crippen LogP contribution in [0.5, 0.6) is 0 Å². The van der Waals surface area contributed by atoms with Crippen LogP contribution < -0.4 is 10.6 Å². The van der Waals surface area contributed by atoms with Gasteiger partial charge in [0.1, 0.15) is 4.99 Å². The van der Waals surface area contributed by atoms with Gasteiger partial charge in [0.05, 0.1) is 5.02 Å². The van der Waals surface area contributed by atoms with Crippen molar-refractivity contribution in [2.75, 3.05) is 18.0 Å². The van der Waals surface area contributed by atoms with Gasteiger partial charge in [-0.3, -0.25) is 0 Å². The monoisotopic (exact) mass is 296 g/mol. The molecule has 0 amide bonds. The molecule has 2 rings (SSSR count). The molecule has 0 bridgehead atoms. The van der Waals surface area contributed by atoms with Crippen molar-refractivity contribution in [3.63, 3.8) is 0 Å². The molecule has 2 N–H and O–H groups in total. The van der Waals surface area contributed by atoms with Crippen molar-refractivity contribution in [2.45, 2.75) is 33.1 Å². The Morgan fingerprint density at radius 3 is 2.53 bits per heavy atom. The molecule has 0 atom stereocenters. The topological polar surface area (TPSA) is 29.3 Å². The van der Waals surface area contributed by atoms with Gasteiger partial charge in [0, 0.05) is 24.3 Å². The largest absolute Gasteiger partial charge is 0.389 e. The summed E-state index contributed by atoms with van der Waals surface area (Å²) in [5, 5.41) is 0.647. The highest BCUT2D eigenvalue weighted by Crippen LogP contribution is 2.36. The smallest absolute Gasteiger partial charge is 0.105 e. The molecule has 0 aromatic heterocycles. The van der Waals surface area contributed by atoms with Crippen LogP contribution in [-0.4, -0.2) is 18.1 Å². The zero-order valence-electron chi connectivity index (χ0n) is 11.6. The summed E-state index contributed by atoms with van der Waals surface area (Å²) in [5.74, 6) is 0. The summed E-state index contributed by atoms with van der Waals surface area (Å²) in [4.78, 5) is 2.75. The summed E-state index contributed by atoms with van der Waals surface area (Å²) in [6.45, 7) is 6.84. The van der Waals surface area contributed by atoms with E-state index >= 15 is 0 Å². The third kappa shape index (κ3) is 3.21. The molecular formula is C15H21ClN2S. The summed E-state index contributed by atoms with van der Waals surface area (Å²) < 4.78 is 0. The van der Waals surface area contributed by atoms with Crippen LogP contribution in [0.4, 0.5) is 5.69 Å². The van der Waals surface area contributed by atoms with E-state index in [1.54, 1.807) is 0 Å². The van der Waals surface area contributed by atoms with Crippen LogP contribution in [0.15, 0.2) is 18.2 Å². The predicted molar refractivity (Wildman–Crippen MR) is 87.2 cm³/mol. The second-order valence-electron chi connectivity index (χ2n) is 5.68. The number of benzene rings is 1. The van der Waals surface area contributed by atoms with Crippen molar-refractivity contribution in [3.8, 4) is 0 Å². The van der Waals surface area contributed by atoms with Crippen molar-refractivity contribution < 1.29 is 0 Å². The zero-order chi connectivity index (χ0) is 14.0. The fraction of sp³-hybridized carbons (Fsp3) is 0.533. The van der Waals surface area contributed by atoms with Gasteiger partial charge in [-0.2, -0.15) is 0 Å². The highest BCUT2D eigenvalue weighted by molar-refractivity contribution is 7.80. The van der Waals surface area contributed by atoms with Crippen LogP contribution in [0.25, 0.3) is 0 Å². The lowest BCUT2D eigenvalue weighted by Crippen LogP contribution is -2.38. The van der Waals surface area contributed by atoms with Crippen molar-refractivity contribution >= 4 is 34.5 Å². The number of hydrogen-bond acceptors (Lipinski definition) is 2. The molecule has 0 radical (unpaired) electrons. The summed E-state index contributed by atoms with van der Waals surface area (Å²) in [6.07, 6.45) is 3.72. The molecule has 0 aliphatic carbocycles. The van der Waals surface area contributed by atoms with Crippen LogP contribution in [-0.2, 0) is 0 Å². The van der Waals surface area contributed by atoms with E-state index in [1.165, 1.54) is 24.9 Å². The van der Waals surface area contributed by atoms with Gasteiger partial charge in [0.2, 0.25) is 0 Å². The van der Waals surface area contributed by atoms with Crippen LogP contribution >= 0.6 is 23.8 Å². The molecule has 1 aliphatic rings. The number of thiocarbonyl (C=S) groups is 1. The minimum Gasteiger partial charge on any atom is -0.389 e. The maximum absolute atomic E-state index is 6.23. The minimum absolute atomic E-state index is 0.355. The van der Waals surface area contributed by atoms with E-state index < -0.39 is 0 Å². The first-order chi connectivity index (χ1) is 8.95. The normalized spacial score (nSPS) is 18.4. The Labute approximate surface area is 125 Å². The summed E-state index contributed by atoms with van der Waals surface area (Å²) >= 11 is 11.2. The van der Waals surface area contributed by atoms with Gasteiger partial charge in [-0.15, -0.1) is 0 Å². The van der Waals surface area contributed by atoms with E-state index in [-0.39, 0.29) is 0 Å². The molecule has 0 spiro atoms. The fourth-order valence-corrected chi connectivity index (χ4v) is 3.07. The SMILES string of the molecule is CCC1(C)CCN(c2ccc(C(N)=S)c(Cl)c2)CC1. The summed E-state index contributed by atoms with van der Waals surface area (Å²) in [7, 11) is 0. The quantitative estimate of drug-likeness (QED) is 0.855. The van der Waals surface area contributed by atoms with E-state index in [9.17, 15) is 0 Å². The lowest BCUT2D eigenvalue weighted by atomic mass is 9.78. The summed E-state index contributed by atoms with van der Waals surface area (Å²) in [5.41, 5.74) is 8.06. The molecule has 1 heterocycles. The number of hydrogen-bond donors (Lipinski definition) is 1. The molecule has 19 heavy (non-hydrogen) atoms. The van der Waals surface area contributed by atoms with Crippen molar-refractivity contribution in [1.29, 1.82) is 0 Å². The highest BCUT2D eigenvalue weighted by atomic mass is 35.5. The van der Waals surface area contributed by atoms with Gasteiger partial charge in [-0.1, -0.05) is 44.1 Å². The highest BCUT2D eigenvalue weighted by Gasteiger charge is 2.28. The number of anilines is 1. The van der Waals surface area contributed by atoms with E-state index in [1.807, 2.05) is 12.1 Å². The maximum Gasteiger partial charge on any atom is 0.105 e. The Morgan fingerprint density at radius 2 is 2.05 bits per heavy atom.